The Balaban J connectivity index is 1.24. The summed E-state index contributed by atoms with van der Waals surface area (Å²) in [5.74, 6) is -7.24. The lowest BCUT2D eigenvalue weighted by atomic mass is 10.0. The quantitative estimate of drug-likeness (QED) is 0.0209. The number of aliphatic hydroxyl groups excluding tert-OH is 2. The highest BCUT2D eigenvalue weighted by molar-refractivity contribution is 6.01. The molecule has 14 N–H and O–H groups in total. The van der Waals surface area contributed by atoms with E-state index in [9.17, 15) is 58.2 Å². The van der Waals surface area contributed by atoms with Gasteiger partial charge in [-0.05, 0) is 83.5 Å². The first-order chi connectivity index (χ1) is 32.7. The number of hydrogen-bond donors (Lipinski definition) is 10. The smallest absolute Gasteiger partial charge is 0.253 e. The normalized spacial score (nSPS) is 25.2. The number of nitrogens with zero attached hydrogens (tertiary/aromatic N) is 5. The van der Waals surface area contributed by atoms with Gasteiger partial charge in [0.15, 0.2) is 18.2 Å². The third-order valence-electron chi connectivity index (χ3n) is 13.1. The highest BCUT2D eigenvalue weighted by Crippen LogP contribution is 2.30. The van der Waals surface area contributed by atoms with Gasteiger partial charge >= 0.3 is 0 Å². The van der Waals surface area contributed by atoms with Crippen LogP contribution >= 0.6 is 0 Å². The maximum absolute atomic E-state index is 14.4. The molecule has 26 nitrogen and oxygen atoms in total. The highest BCUT2D eigenvalue weighted by atomic mass is 16.6. The zero-order valence-corrected chi connectivity index (χ0v) is 39.4. The van der Waals surface area contributed by atoms with Crippen molar-refractivity contribution in [1.29, 1.82) is 0 Å². The van der Waals surface area contributed by atoms with Gasteiger partial charge in [-0.2, -0.15) is 0 Å². The molecule has 5 aliphatic heterocycles. The summed E-state index contributed by atoms with van der Waals surface area (Å²) in [6.07, 6.45) is -0.609. The Morgan fingerprint density at radius 1 is 0.594 bits per heavy atom. The molecule has 5 fully saturated rings. The van der Waals surface area contributed by atoms with E-state index in [0.29, 0.717) is 38.5 Å². The maximum atomic E-state index is 14.4. The number of rotatable bonds is 22. The predicted octanol–water partition coefficient (Wildman–Crippen LogP) is -5.90. The van der Waals surface area contributed by atoms with Crippen molar-refractivity contribution in [2.24, 2.45) is 33.8 Å². The molecule has 0 bridgehead atoms. The minimum Gasteiger partial charge on any atom is -0.394 e. The summed E-state index contributed by atoms with van der Waals surface area (Å²) in [6, 6.07) is -8.96. The average molecular weight is 976 g/mol. The van der Waals surface area contributed by atoms with E-state index < -0.39 is 132 Å². The van der Waals surface area contributed by atoms with Crippen LogP contribution in [0.5, 0.6) is 0 Å². The van der Waals surface area contributed by atoms with Crippen LogP contribution < -0.4 is 44.2 Å². The molecule has 0 aromatic heterocycles. The number of hydrogen-bond acceptors (Lipinski definition) is 14. The Morgan fingerprint density at radius 3 is 1.52 bits per heavy atom. The number of nitrogens with two attached hydrogens (primary N) is 4. The second kappa shape index (κ2) is 23.9. The number of nitrogens with one attached hydrogen (secondary N) is 4. The lowest BCUT2D eigenvalue weighted by molar-refractivity contribution is -0.151. The molecule has 10 amide bonds. The van der Waals surface area contributed by atoms with E-state index in [4.69, 9.17) is 27.7 Å². The van der Waals surface area contributed by atoms with Crippen LogP contribution in [-0.4, -0.2) is 201 Å². The van der Waals surface area contributed by atoms with Crippen molar-refractivity contribution in [3.63, 3.8) is 0 Å². The lowest BCUT2D eigenvalue weighted by Gasteiger charge is -2.35. The number of guanidine groups is 1. The zero-order valence-electron chi connectivity index (χ0n) is 39.4. The van der Waals surface area contributed by atoms with Gasteiger partial charge in [0, 0.05) is 32.7 Å². The van der Waals surface area contributed by atoms with E-state index in [1.165, 1.54) is 26.5 Å². The maximum Gasteiger partial charge on any atom is 0.253 e. The molecule has 0 spiro atoms. The van der Waals surface area contributed by atoms with Gasteiger partial charge in [-0.25, -0.2) is 0 Å². The topological polar surface area (TPSA) is 401 Å². The fourth-order valence-corrected chi connectivity index (χ4v) is 9.59. The number of aliphatic imine (C=N–C) groups is 1. The van der Waals surface area contributed by atoms with Gasteiger partial charge in [-0.3, -0.25) is 52.9 Å². The van der Waals surface area contributed by atoms with Crippen molar-refractivity contribution >= 4 is 65.0 Å². The van der Waals surface area contributed by atoms with Gasteiger partial charge in [0.2, 0.25) is 47.3 Å². The minimum absolute atomic E-state index is 0.0193. The van der Waals surface area contributed by atoms with Crippen molar-refractivity contribution in [1.82, 2.24) is 40.9 Å². The van der Waals surface area contributed by atoms with E-state index >= 15 is 0 Å². The van der Waals surface area contributed by atoms with Crippen LogP contribution in [0.25, 0.3) is 0 Å². The number of epoxide rings is 1. The molecule has 5 heterocycles. The molecule has 0 unspecified atom stereocenters. The molecule has 11 atom stereocenters. The van der Waals surface area contributed by atoms with Gasteiger partial charge in [0.25, 0.3) is 11.8 Å². The van der Waals surface area contributed by atoms with Gasteiger partial charge in [0.1, 0.15) is 48.3 Å². The average Bonchev–Trinajstić information content (AvgIpc) is 3.84. The zero-order chi connectivity index (χ0) is 50.9. The summed E-state index contributed by atoms with van der Waals surface area (Å²) >= 11 is 0. The molecule has 5 aliphatic rings. The van der Waals surface area contributed by atoms with Gasteiger partial charge in [-0.1, -0.05) is 13.8 Å². The summed E-state index contributed by atoms with van der Waals surface area (Å²) in [6.45, 7) is 5.09. The largest absolute Gasteiger partial charge is 0.394 e. The number of carbonyl (C=O) groups is 10. The number of primary amides is 2. The molecule has 0 saturated carbocycles. The van der Waals surface area contributed by atoms with Gasteiger partial charge in [-0.15, -0.1) is 0 Å². The molecule has 0 aromatic carbocycles. The summed E-state index contributed by atoms with van der Waals surface area (Å²) in [5.41, 5.74) is 21.6. The Labute approximate surface area is 399 Å². The molecule has 26 heteroatoms. The van der Waals surface area contributed by atoms with E-state index in [2.05, 4.69) is 26.3 Å². The molecule has 5 rings (SSSR count). The number of amides is 10. The third-order valence-corrected chi connectivity index (χ3v) is 13.1. The first-order valence-electron chi connectivity index (χ1n) is 23.7. The second-order valence-corrected chi connectivity index (χ2v) is 18.7. The molecular weight excluding hydrogens is 907 g/mol. The molecule has 0 radical (unpaired) electrons. The van der Waals surface area contributed by atoms with Crippen LogP contribution in [0.4, 0.5) is 0 Å². The predicted molar refractivity (Wildman–Crippen MR) is 242 cm³/mol. The molecular formula is C43H69N13O13. The number of carbonyl (C=O) groups excluding carboxylic acids is 10. The SMILES string of the molecule is CC(C)C[C@H](NC(=O)[C@@H]1O[C@H]1C(=O)N[C@@H](CCCN=C(N)N)C(=O)N1CCC[C@H]1C(=O)N1CCC[C@H]1C(=O)N1CCC[C@H]1C(=O)N[C@@H](CO)C(N)=O)C(=O)N1CCC[C@H]1C(=O)N[C@H](C(N)=O)[C@@H](C)O. The van der Waals surface area contributed by atoms with Crippen LogP contribution in [0.2, 0.25) is 0 Å². The Bertz CT molecular complexity index is 2000. The van der Waals surface area contributed by atoms with Crippen molar-refractivity contribution in [2.45, 2.75) is 158 Å². The Hall–Kier alpha value is -6.15. The third kappa shape index (κ3) is 13.3. The van der Waals surface area contributed by atoms with Gasteiger partial charge < -0.3 is 78.8 Å². The van der Waals surface area contributed by atoms with E-state index in [0.717, 1.165) is 0 Å². The number of aliphatic hydroxyl groups is 2. The number of ether oxygens (including phenoxy) is 1. The van der Waals surface area contributed by atoms with Crippen LogP contribution in [0.3, 0.4) is 0 Å². The molecule has 384 valence electrons. The number of likely N-dealkylation sites (tertiary alicyclic amines) is 4. The second-order valence-electron chi connectivity index (χ2n) is 18.7. The van der Waals surface area contributed by atoms with Crippen LogP contribution in [-0.2, 0) is 52.7 Å². The van der Waals surface area contributed by atoms with Crippen molar-refractivity contribution in [2.75, 3.05) is 39.3 Å². The van der Waals surface area contributed by atoms with Crippen LogP contribution in [0, 0.1) is 5.92 Å². The van der Waals surface area contributed by atoms with Gasteiger partial charge in [0.05, 0.1) is 12.7 Å². The van der Waals surface area contributed by atoms with Crippen molar-refractivity contribution < 1.29 is 62.9 Å². The molecule has 0 aliphatic carbocycles. The summed E-state index contributed by atoms with van der Waals surface area (Å²) in [7, 11) is 0. The van der Waals surface area contributed by atoms with Crippen LogP contribution in [0.1, 0.15) is 91.4 Å². The van der Waals surface area contributed by atoms with Crippen molar-refractivity contribution in [3.05, 3.63) is 0 Å². The molecule has 5 saturated heterocycles. The summed E-state index contributed by atoms with van der Waals surface area (Å²) in [5, 5.41) is 29.6. The minimum atomic E-state index is -1.39. The molecule has 69 heavy (non-hydrogen) atoms. The van der Waals surface area contributed by atoms with Crippen LogP contribution in [0.15, 0.2) is 4.99 Å². The van der Waals surface area contributed by atoms with E-state index in [1.54, 1.807) is 0 Å². The first kappa shape index (κ1) is 53.8. The standard InChI is InChI=1S/C43H69N13O13/c1-21(2)19-24(40(66)53-15-5-11-27(53)36(62)52-30(22(3)58)34(45)60)50-38(64)32-31(69-32)37(63)49-23(9-4-14-48-43(46)47)39(65)55-17-7-12-28(55)42(68)56-18-8-13-29(56)41(67)54-16-6-10-26(54)35(61)51-25(20-57)33(44)59/h21-32,57-58H,4-20H2,1-3H3,(H2,44,59)(H2,45,60)(H,49,63)(H,50,64)(H,51,61)(H,52,62)(H4,46,47,48)/t22-,23+,24+,25+,26+,27+,28+,29+,30+,31-,32-/m1/s1. The van der Waals surface area contributed by atoms with E-state index in [-0.39, 0.29) is 76.7 Å². The fraction of sp³-hybridized carbons (Fsp3) is 0.744. The van der Waals surface area contributed by atoms with E-state index in [1.807, 2.05) is 13.8 Å². The summed E-state index contributed by atoms with van der Waals surface area (Å²) < 4.78 is 5.51. The Kier molecular flexibility index (Phi) is 18.6. The highest BCUT2D eigenvalue weighted by Gasteiger charge is 2.53. The fourth-order valence-electron chi connectivity index (χ4n) is 9.59. The monoisotopic (exact) mass is 976 g/mol. The first-order valence-corrected chi connectivity index (χ1v) is 23.7. The lowest BCUT2D eigenvalue weighted by Crippen LogP contribution is -2.58. The molecule has 0 aromatic rings. The summed E-state index contributed by atoms with van der Waals surface area (Å²) in [4.78, 5) is 143. The van der Waals surface area contributed by atoms with Crippen molar-refractivity contribution in [3.8, 4) is 0 Å². The Morgan fingerprint density at radius 2 is 1.03 bits per heavy atom.